The van der Waals surface area contributed by atoms with Crippen molar-refractivity contribution in [3.8, 4) is 10.6 Å². The number of hydrogen-bond acceptors (Lipinski definition) is 6. The highest BCUT2D eigenvalue weighted by Gasteiger charge is 2.11. The summed E-state index contributed by atoms with van der Waals surface area (Å²) in [7, 11) is 1.57. The molecule has 0 aliphatic carbocycles. The van der Waals surface area contributed by atoms with E-state index in [1.165, 1.54) is 11.3 Å². The highest BCUT2D eigenvalue weighted by Crippen LogP contribution is 2.31. The maximum absolute atomic E-state index is 11.6. The van der Waals surface area contributed by atoms with Crippen LogP contribution in [0.5, 0.6) is 0 Å². The molecule has 0 unspecified atom stereocenters. The number of rotatable bonds is 7. The maximum Gasteiger partial charge on any atom is 0.252 e. The van der Waals surface area contributed by atoms with Crippen LogP contribution in [0.25, 0.3) is 10.6 Å². The molecule has 0 fully saturated rings. The topological polar surface area (TPSA) is 73.3 Å². The predicted molar refractivity (Wildman–Crippen MR) is 81.7 cm³/mol. The molecule has 1 aromatic heterocycles. The summed E-state index contributed by atoms with van der Waals surface area (Å²) >= 11 is 7.35. The van der Waals surface area contributed by atoms with Crippen LogP contribution in [0.1, 0.15) is 0 Å². The highest BCUT2D eigenvalue weighted by molar-refractivity contribution is 7.18. The van der Waals surface area contributed by atoms with E-state index in [1.807, 2.05) is 18.2 Å². The second-order valence-corrected chi connectivity index (χ2v) is 5.37. The van der Waals surface area contributed by atoms with Crippen molar-refractivity contribution in [1.29, 1.82) is 0 Å². The Hall–Kier alpha value is -1.54. The SMILES string of the molecule is COCCOCC(=O)Nc1nnc(-c2ccccc2Cl)s1. The summed E-state index contributed by atoms with van der Waals surface area (Å²) in [6.07, 6.45) is 0. The van der Waals surface area contributed by atoms with Crippen molar-refractivity contribution < 1.29 is 14.3 Å². The first-order valence-corrected chi connectivity index (χ1v) is 7.35. The lowest BCUT2D eigenvalue weighted by Crippen LogP contribution is -2.19. The van der Waals surface area contributed by atoms with E-state index < -0.39 is 0 Å². The molecule has 0 saturated carbocycles. The predicted octanol–water partition coefficient (Wildman–Crippen LogP) is 2.46. The Labute approximate surface area is 131 Å². The van der Waals surface area contributed by atoms with Crippen molar-refractivity contribution in [2.24, 2.45) is 0 Å². The molecule has 21 heavy (non-hydrogen) atoms. The van der Waals surface area contributed by atoms with E-state index in [1.54, 1.807) is 13.2 Å². The number of ether oxygens (including phenoxy) is 2. The van der Waals surface area contributed by atoms with Crippen molar-refractivity contribution in [2.75, 3.05) is 32.2 Å². The van der Waals surface area contributed by atoms with Crippen molar-refractivity contribution in [2.45, 2.75) is 0 Å². The molecule has 0 atom stereocenters. The number of amides is 1. The van der Waals surface area contributed by atoms with Crippen LogP contribution < -0.4 is 5.32 Å². The second kappa shape index (κ2) is 8.04. The molecular formula is C13H14ClN3O3S. The zero-order valence-electron chi connectivity index (χ0n) is 11.3. The van der Waals surface area contributed by atoms with Gasteiger partial charge >= 0.3 is 0 Å². The number of aromatic nitrogens is 2. The fourth-order valence-corrected chi connectivity index (χ4v) is 2.56. The van der Waals surface area contributed by atoms with Gasteiger partial charge in [0.1, 0.15) is 6.61 Å². The molecule has 0 aliphatic rings. The third-order valence-corrected chi connectivity index (χ3v) is 3.64. The maximum atomic E-state index is 11.6. The smallest absolute Gasteiger partial charge is 0.252 e. The van der Waals surface area contributed by atoms with Crippen LogP contribution in [0.2, 0.25) is 5.02 Å². The molecule has 1 heterocycles. The first-order valence-electron chi connectivity index (χ1n) is 6.15. The molecule has 6 nitrogen and oxygen atoms in total. The van der Waals surface area contributed by atoms with Crippen LogP contribution in [0, 0.1) is 0 Å². The van der Waals surface area contributed by atoms with Gasteiger partial charge in [0.15, 0.2) is 5.01 Å². The van der Waals surface area contributed by atoms with E-state index in [0.717, 1.165) is 5.56 Å². The van der Waals surface area contributed by atoms with E-state index in [0.29, 0.717) is 28.4 Å². The standard InChI is InChI=1S/C13H14ClN3O3S/c1-19-6-7-20-8-11(18)15-13-17-16-12(21-13)9-4-2-3-5-10(9)14/h2-5H,6-8H2,1H3,(H,15,17,18). The minimum Gasteiger partial charge on any atom is -0.382 e. The van der Waals surface area contributed by atoms with Crippen molar-refractivity contribution >= 4 is 34.0 Å². The summed E-state index contributed by atoms with van der Waals surface area (Å²) in [4.78, 5) is 11.6. The van der Waals surface area contributed by atoms with E-state index in [2.05, 4.69) is 15.5 Å². The van der Waals surface area contributed by atoms with E-state index >= 15 is 0 Å². The summed E-state index contributed by atoms with van der Waals surface area (Å²) in [5.74, 6) is -0.284. The number of benzene rings is 1. The van der Waals surface area contributed by atoms with Gasteiger partial charge in [0, 0.05) is 12.7 Å². The van der Waals surface area contributed by atoms with Gasteiger partial charge in [-0.05, 0) is 6.07 Å². The Kier molecular flexibility index (Phi) is 6.06. The lowest BCUT2D eigenvalue weighted by atomic mass is 10.2. The van der Waals surface area contributed by atoms with Gasteiger partial charge < -0.3 is 9.47 Å². The molecule has 0 aliphatic heterocycles. The molecule has 2 aromatic rings. The number of hydrogen-bond donors (Lipinski definition) is 1. The van der Waals surface area contributed by atoms with Gasteiger partial charge in [0.25, 0.3) is 5.91 Å². The fourth-order valence-electron chi connectivity index (χ4n) is 1.48. The molecule has 0 saturated heterocycles. The van der Waals surface area contributed by atoms with Crippen molar-refractivity contribution in [1.82, 2.24) is 10.2 Å². The lowest BCUT2D eigenvalue weighted by Gasteiger charge is -2.02. The van der Waals surface area contributed by atoms with Gasteiger partial charge in [-0.2, -0.15) is 0 Å². The zero-order chi connectivity index (χ0) is 15.1. The van der Waals surface area contributed by atoms with Crippen LogP contribution in [0.4, 0.5) is 5.13 Å². The summed E-state index contributed by atoms with van der Waals surface area (Å²) < 4.78 is 9.93. The Balaban J connectivity index is 1.91. The second-order valence-electron chi connectivity index (χ2n) is 3.99. The molecule has 1 aromatic carbocycles. The molecule has 0 bridgehead atoms. The first-order chi connectivity index (χ1) is 10.2. The van der Waals surface area contributed by atoms with E-state index in [4.69, 9.17) is 21.1 Å². The third-order valence-electron chi connectivity index (χ3n) is 2.44. The Bertz CT molecular complexity index is 606. The third kappa shape index (κ3) is 4.75. The summed E-state index contributed by atoms with van der Waals surface area (Å²) in [6, 6.07) is 7.33. The van der Waals surface area contributed by atoms with Crippen LogP contribution in [0.3, 0.4) is 0 Å². The summed E-state index contributed by atoms with van der Waals surface area (Å²) in [6.45, 7) is 0.762. The number of nitrogens with one attached hydrogen (secondary N) is 1. The van der Waals surface area contributed by atoms with Crippen LogP contribution >= 0.6 is 22.9 Å². The molecular weight excluding hydrogens is 314 g/mol. The van der Waals surface area contributed by atoms with Crippen molar-refractivity contribution in [3.05, 3.63) is 29.3 Å². The van der Waals surface area contributed by atoms with Gasteiger partial charge in [0.05, 0.1) is 18.2 Å². The van der Waals surface area contributed by atoms with Crippen molar-refractivity contribution in [3.63, 3.8) is 0 Å². The highest BCUT2D eigenvalue weighted by atomic mass is 35.5. The average molecular weight is 328 g/mol. The number of carbonyl (C=O) groups excluding carboxylic acids is 1. The lowest BCUT2D eigenvalue weighted by molar-refractivity contribution is -0.121. The minimum atomic E-state index is -0.284. The average Bonchev–Trinajstić information content (AvgIpc) is 2.92. The number of anilines is 1. The Morgan fingerprint density at radius 2 is 2.14 bits per heavy atom. The molecule has 1 amide bonds. The zero-order valence-corrected chi connectivity index (χ0v) is 12.9. The number of halogens is 1. The van der Waals surface area contributed by atoms with Gasteiger partial charge in [-0.25, -0.2) is 0 Å². The molecule has 1 N–H and O–H groups in total. The summed E-state index contributed by atoms with van der Waals surface area (Å²) in [5.41, 5.74) is 0.786. The van der Waals surface area contributed by atoms with Crippen LogP contribution in [0.15, 0.2) is 24.3 Å². The molecule has 112 valence electrons. The number of nitrogens with zero attached hydrogens (tertiary/aromatic N) is 2. The van der Waals surface area contributed by atoms with Gasteiger partial charge in [-0.3, -0.25) is 10.1 Å². The number of carbonyl (C=O) groups is 1. The first kappa shape index (κ1) is 15.8. The Morgan fingerprint density at radius 1 is 1.33 bits per heavy atom. The van der Waals surface area contributed by atoms with Gasteiger partial charge in [-0.15, -0.1) is 10.2 Å². The molecule has 0 radical (unpaired) electrons. The van der Waals surface area contributed by atoms with Crippen LogP contribution in [-0.2, 0) is 14.3 Å². The molecule has 2 rings (SSSR count). The number of methoxy groups -OCH3 is 1. The van der Waals surface area contributed by atoms with E-state index in [-0.39, 0.29) is 12.5 Å². The minimum absolute atomic E-state index is 0.0512. The van der Waals surface area contributed by atoms with Gasteiger partial charge in [0.2, 0.25) is 5.13 Å². The van der Waals surface area contributed by atoms with Crippen LogP contribution in [-0.4, -0.2) is 43.0 Å². The van der Waals surface area contributed by atoms with Gasteiger partial charge in [-0.1, -0.05) is 41.1 Å². The fraction of sp³-hybridized carbons (Fsp3) is 0.308. The monoisotopic (exact) mass is 327 g/mol. The Morgan fingerprint density at radius 3 is 2.90 bits per heavy atom. The molecule has 0 spiro atoms. The van der Waals surface area contributed by atoms with E-state index in [9.17, 15) is 4.79 Å². The summed E-state index contributed by atoms with van der Waals surface area (Å²) in [5, 5.41) is 12.2. The normalized spacial score (nSPS) is 10.6. The quantitative estimate of drug-likeness (QED) is 0.791. The largest absolute Gasteiger partial charge is 0.382 e. The molecule has 8 heteroatoms.